The van der Waals surface area contributed by atoms with Gasteiger partial charge in [0.1, 0.15) is 5.82 Å². The summed E-state index contributed by atoms with van der Waals surface area (Å²) in [4.78, 5) is 0. The first-order valence-electron chi connectivity index (χ1n) is 10.2. The molecule has 1 N–H and O–H groups in total. The number of nitrogens with one attached hydrogen (secondary N) is 1. The molecule has 0 radical (unpaired) electrons. The molecule has 5 rings (SSSR count). The van der Waals surface area contributed by atoms with Crippen LogP contribution in [0.4, 0.5) is 4.39 Å². The minimum Gasteiger partial charge on any atom is -0.490 e. The molecule has 1 unspecified atom stereocenters. The van der Waals surface area contributed by atoms with Gasteiger partial charge in [0.2, 0.25) is 0 Å². The highest BCUT2D eigenvalue weighted by molar-refractivity contribution is 5.68. The lowest BCUT2D eigenvalue weighted by molar-refractivity contribution is -0.151. The Labute approximate surface area is 164 Å². The molecule has 0 saturated heterocycles. The van der Waals surface area contributed by atoms with E-state index in [-0.39, 0.29) is 17.6 Å². The van der Waals surface area contributed by atoms with E-state index in [1.54, 1.807) is 0 Å². The van der Waals surface area contributed by atoms with Gasteiger partial charge < -0.3 is 14.9 Å². The van der Waals surface area contributed by atoms with E-state index in [2.05, 4.69) is 22.6 Å². The van der Waals surface area contributed by atoms with E-state index in [9.17, 15) is 4.39 Å². The normalized spacial score (nSPS) is 22.6. The van der Waals surface area contributed by atoms with E-state index < -0.39 is 0 Å². The van der Waals surface area contributed by atoms with Crippen LogP contribution in [0, 0.1) is 5.82 Å². The first-order valence-corrected chi connectivity index (χ1v) is 10.2. The number of ether oxygens (including phenoxy) is 2. The summed E-state index contributed by atoms with van der Waals surface area (Å²) in [6, 6.07) is 12.8. The smallest absolute Gasteiger partial charge is 0.180 e. The topological polar surface area (TPSA) is 33.7 Å². The molecule has 5 heteroatoms. The number of fused-ring (bicyclic) bond motifs is 4. The molecule has 1 saturated carbocycles. The number of hydrogen-bond acceptors (Lipinski definition) is 4. The lowest BCUT2D eigenvalue weighted by Gasteiger charge is -2.50. The van der Waals surface area contributed by atoms with Crippen LogP contribution in [0.3, 0.4) is 0 Å². The number of hydrazine groups is 1. The summed E-state index contributed by atoms with van der Waals surface area (Å²) in [5.41, 5.74) is 6.27. The van der Waals surface area contributed by atoms with Crippen LogP contribution in [-0.2, 0) is 0 Å². The number of benzene rings is 2. The van der Waals surface area contributed by atoms with Crippen molar-refractivity contribution in [3.8, 4) is 11.5 Å². The zero-order valence-corrected chi connectivity index (χ0v) is 16.1. The Morgan fingerprint density at radius 1 is 1.14 bits per heavy atom. The molecule has 1 spiro atoms. The van der Waals surface area contributed by atoms with Gasteiger partial charge in [0.05, 0.1) is 18.3 Å². The predicted molar refractivity (Wildman–Crippen MR) is 106 cm³/mol. The van der Waals surface area contributed by atoms with Gasteiger partial charge in [-0.1, -0.05) is 18.6 Å². The largest absolute Gasteiger partial charge is 0.490 e. The van der Waals surface area contributed by atoms with E-state index in [0.717, 1.165) is 54.0 Å². The van der Waals surface area contributed by atoms with Crippen LogP contribution < -0.4 is 14.9 Å². The number of halogens is 1. The van der Waals surface area contributed by atoms with Crippen LogP contribution >= 0.6 is 0 Å². The lowest BCUT2D eigenvalue weighted by atomic mass is 9.87. The van der Waals surface area contributed by atoms with Gasteiger partial charge in [-0.2, -0.15) is 5.01 Å². The zero-order valence-electron chi connectivity index (χ0n) is 16.1. The molecule has 3 aliphatic rings. The molecule has 28 heavy (non-hydrogen) atoms. The highest BCUT2D eigenvalue weighted by atomic mass is 19.1. The number of para-hydroxylation sites is 1. The highest BCUT2D eigenvalue weighted by Crippen LogP contribution is 2.52. The van der Waals surface area contributed by atoms with E-state index in [4.69, 9.17) is 9.47 Å². The van der Waals surface area contributed by atoms with E-state index in [0.29, 0.717) is 6.61 Å². The lowest BCUT2D eigenvalue weighted by Crippen LogP contribution is -2.60. The number of hydrogen-bond donors (Lipinski definition) is 1. The first-order chi connectivity index (χ1) is 13.7. The average molecular weight is 380 g/mol. The van der Waals surface area contributed by atoms with Crippen LogP contribution in [0.2, 0.25) is 0 Å². The number of rotatable bonds is 3. The Hall–Kier alpha value is -2.53. The van der Waals surface area contributed by atoms with E-state index in [1.165, 1.54) is 18.6 Å². The van der Waals surface area contributed by atoms with Crippen LogP contribution in [0.5, 0.6) is 11.5 Å². The molecule has 1 atom stereocenters. The van der Waals surface area contributed by atoms with Crippen molar-refractivity contribution >= 4 is 5.70 Å². The molecule has 0 amide bonds. The van der Waals surface area contributed by atoms with Crippen molar-refractivity contribution in [1.29, 1.82) is 0 Å². The molecule has 146 valence electrons. The van der Waals surface area contributed by atoms with E-state index >= 15 is 0 Å². The second-order valence-corrected chi connectivity index (χ2v) is 7.73. The zero-order chi connectivity index (χ0) is 19.1. The van der Waals surface area contributed by atoms with Gasteiger partial charge in [-0.15, -0.1) is 0 Å². The summed E-state index contributed by atoms with van der Waals surface area (Å²) in [7, 11) is 0. The Bertz CT molecular complexity index is 903. The third-order valence-corrected chi connectivity index (χ3v) is 5.99. The molecule has 1 aliphatic carbocycles. The summed E-state index contributed by atoms with van der Waals surface area (Å²) >= 11 is 0. The fraction of sp³-hybridized carbons (Fsp3) is 0.391. The van der Waals surface area contributed by atoms with Gasteiger partial charge in [0.15, 0.2) is 17.2 Å². The van der Waals surface area contributed by atoms with Gasteiger partial charge in [-0.25, -0.2) is 4.39 Å². The quantitative estimate of drug-likeness (QED) is 0.796. The molecule has 2 aromatic rings. The Morgan fingerprint density at radius 2 is 1.93 bits per heavy atom. The van der Waals surface area contributed by atoms with E-state index in [1.807, 2.05) is 31.2 Å². The maximum atomic E-state index is 13.4. The van der Waals surface area contributed by atoms with Crippen molar-refractivity contribution in [2.24, 2.45) is 0 Å². The van der Waals surface area contributed by atoms with Gasteiger partial charge in [0, 0.05) is 18.4 Å². The summed E-state index contributed by atoms with van der Waals surface area (Å²) in [6.07, 6.45) is 7.69. The molecular formula is C23H25FN2O2. The standard InChI is InChI=1S/C23H25FN2O2/c1-2-27-21-8-6-7-18-20-15-19(16-9-11-17(24)12-10-16)25-26(20)23(28-22(18)21)13-4-3-5-14-23/h6-12,15,20,25H,2-5,13-14H2,1H3. The third-order valence-electron chi connectivity index (χ3n) is 5.99. The second-order valence-electron chi connectivity index (χ2n) is 7.73. The fourth-order valence-corrected chi connectivity index (χ4v) is 4.67. The van der Waals surface area contributed by atoms with Crippen LogP contribution in [0.15, 0.2) is 48.5 Å². The maximum absolute atomic E-state index is 13.4. The van der Waals surface area contributed by atoms with Crippen molar-refractivity contribution in [2.75, 3.05) is 6.61 Å². The molecule has 2 aromatic carbocycles. The molecule has 0 bridgehead atoms. The fourth-order valence-electron chi connectivity index (χ4n) is 4.67. The van der Waals surface area contributed by atoms with Crippen LogP contribution in [0.1, 0.15) is 56.2 Å². The van der Waals surface area contributed by atoms with Crippen molar-refractivity contribution in [3.05, 3.63) is 65.5 Å². The molecule has 2 heterocycles. The molecule has 1 fully saturated rings. The van der Waals surface area contributed by atoms with Gasteiger partial charge in [-0.3, -0.25) is 0 Å². The first kappa shape index (κ1) is 17.6. The predicted octanol–water partition coefficient (Wildman–Crippen LogP) is 5.18. The average Bonchev–Trinajstić information content (AvgIpc) is 3.17. The minimum absolute atomic E-state index is 0.0577. The van der Waals surface area contributed by atoms with Crippen molar-refractivity contribution in [1.82, 2.24) is 10.4 Å². The van der Waals surface area contributed by atoms with Crippen molar-refractivity contribution < 1.29 is 13.9 Å². The van der Waals surface area contributed by atoms with Crippen molar-refractivity contribution in [2.45, 2.75) is 50.8 Å². The summed E-state index contributed by atoms with van der Waals surface area (Å²) in [5, 5.41) is 2.27. The van der Waals surface area contributed by atoms with Crippen molar-refractivity contribution in [3.63, 3.8) is 0 Å². The van der Waals surface area contributed by atoms with Crippen LogP contribution in [0.25, 0.3) is 5.70 Å². The molecule has 0 aromatic heterocycles. The SMILES string of the molecule is CCOc1cccc2c1OC1(CCCCC1)N1NC(c3ccc(F)cc3)=CC21. The summed E-state index contributed by atoms with van der Waals surface area (Å²) < 4.78 is 26.0. The Balaban J connectivity index is 1.60. The molecular weight excluding hydrogens is 355 g/mol. The molecule has 2 aliphatic heterocycles. The molecule has 4 nitrogen and oxygen atoms in total. The third kappa shape index (κ3) is 2.76. The minimum atomic E-state index is -0.387. The van der Waals surface area contributed by atoms with Gasteiger partial charge >= 0.3 is 0 Å². The monoisotopic (exact) mass is 380 g/mol. The van der Waals surface area contributed by atoms with Crippen LogP contribution in [-0.4, -0.2) is 17.3 Å². The van der Waals surface area contributed by atoms with Gasteiger partial charge in [-0.05, 0) is 61.7 Å². The highest BCUT2D eigenvalue weighted by Gasteiger charge is 2.51. The summed E-state index contributed by atoms with van der Waals surface area (Å²) in [6.45, 7) is 2.60. The Morgan fingerprint density at radius 3 is 2.68 bits per heavy atom. The number of nitrogens with zero attached hydrogens (tertiary/aromatic N) is 1. The van der Waals surface area contributed by atoms with Gasteiger partial charge in [0.25, 0.3) is 0 Å². The second kappa shape index (κ2) is 6.82. The Kier molecular flexibility index (Phi) is 4.27. The maximum Gasteiger partial charge on any atom is 0.180 e. The summed E-state index contributed by atoms with van der Waals surface area (Å²) in [5.74, 6) is 1.46.